The molecule has 1 aromatic heterocycles. The van der Waals surface area contributed by atoms with Gasteiger partial charge in [0, 0.05) is 20.1 Å². The number of aryl methyl sites for hydroxylation is 1. The maximum absolute atomic E-state index is 6.07. The predicted molar refractivity (Wildman–Crippen MR) is 113 cm³/mol. The predicted octanol–water partition coefficient (Wildman–Crippen LogP) is 2.65. The van der Waals surface area contributed by atoms with E-state index in [2.05, 4.69) is 32.1 Å². The molecule has 1 heterocycles. The van der Waals surface area contributed by atoms with Crippen molar-refractivity contribution in [3.63, 3.8) is 0 Å². The van der Waals surface area contributed by atoms with Gasteiger partial charge >= 0.3 is 0 Å². The van der Waals surface area contributed by atoms with Crippen molar-refractivity contribution >= 4 is 17.7 Å². The molecule has 2 N–H and O–H groups in total. The van der Waals surface area contributed by atoms with Crippen LogP contribution in [-0.2, 0) is 18.3 Å². The average Bonchev–Trinajstić information content (AvgIpc) is 2.87. The normalized spacial score (nSPS) is 16.3. The monoisotopic (exact) mass is 396 g/mol. The van der Waals surface area contributed by atoms with Crippen molar-refractivity contribution in [1.29, 1.82) is 0 Å². The Bertz CT molecular complexity index is 554. The van der Waals surface area contributed by atoms with Crippen molar-refractivity contribution < 1.29 is 4.74 Å². The lowest BCUT2D eigenvalue weighted by molar-refractivity contribution is 0.0468. The molecule has 0 spiro atoms. The number of hydrogen-bond acceptors (Lipinski definition) is 5. The van der Waals surface area contributed by atoms with Gasteiger partial charge in [-0.2, -0.15) is 11.8 Å². The summed E-state index contributed by atoms with van der Waals surface area (Å²) in [6.07, 6.45) is 11.4. The largest absolute Gasteiger partial charge is 0.376 e. The minimum absolute atomic E-state index is 0.436. The lowest BCUT2D eigenvalue weighted by Crippen LogP contribution is -2.40. The van der Waals surface area contributed by atoms with Crippen LogP contribution < -0.4 is 10.6 Å². The van der Waals surface area contributed by atoms with Crippen LogP contribution in [0.3, 0.4) is 0 Å². The van der Waals surface area contributed by atoms with Crippen LogP contribution in [0.5, 0.6) is 0 Å². The maximum atomic E-state index is 6.07. The average molecular weight is 397 g/mol. The fraction of sp³-hybridized carbons (Fsp3) is 0.842. The third kappa shape index (κ3) is 8.51. The fourth-order valence-electron chi connectivity index (χ4n) is 3.14. The molecule has 0 aromatic carbocycles. The molecule has 1 saturated carbocycles. The summed E-state index contributed by atoms with van der Waals surface area (Å²) >= 11 is 1.87. The molecule has 2 rings (SSSR count). The van der Waals surface area contributed by atoms with Crippen molar-refractivity contribution in [3.8, 4) is 0 Å². The van der Waals surface area contributed by atoms with Crippen LogP contribution in [-0.4, -0.2) is 58.5 Å². The molecule has 1 fully saturated rings. The molecule has 0 aliphatic heterocycles. The zero-order valence-electron chi connectivity index (χ0n) is 17.2. The van der Waals surface area contributed by atoms with Crippen molar-refractivity contribution in [2.24, 2.45) is 12.0 Å². The summed E-state index contributed by atoms with van der Waals surface area (Å²) < 4.78 is 8.04. The molecule has 7 nitrogen and oxygen atoms in total. The molecule has 1 aromatic rings. The van der Waals surface area contributed by atoms with Crippen LogP contribution in [0.25, 0.3) is 0 Å². The van der Waals surface area contributed by atoms with Crippen LogP contribution in [0.15, 0.2) is 4.99 Å². The molecule has 0 amide bonds. The lowest BCUT2D eigenvalue weighted by atomic mass is 10.1. The summed E-state index contributed by atoms with van der Waals surface area (Å²) in [4.78, 5) is 4.67. The molecular weight excluding hydrogens is 360 g/mol. The first-order valence-corrected chi connectivity index (χ1v) is 11.6. The number of aromatic nitrogens is 3. The second-order valence-corrected chi connectivity index (χ2v) is 8.06. The second kappa shape index (κ2) is 13.0. The highest BCUT2D eigenvalue weighted by atomic mass is 32.2. The van der Waals surface area contributed by atoms with Crippen LogP contribution >= 0.6 is 11.8 Å². The van der Waals surface area contributed by atoms with Gasteiger partial charge < -0.3 is 19.9 Å². The fourth-order valence-corrected chi connectivity index (χ4v) is 3.57. The van der Waals surface area contributed by atoms with Gasteiger partial charge in [0.15, 0.2) is 11.8 Å². The van der Waals surface area contributed by atoms with Crippen LogP contribution in [0.4, 0.5) is 0 Å². The van der Waals surface area contributed by atoms with E-state index >= 15 is 0 Å². The van der Waals surface area contributed by atoms with Gasteiger partial charge in [-0.15, -0.1) is 10.2 Å². The lowest BCUT2D eigenvalue weighted by Gasteiger charge is -2.17. The SMILES string of the molecule is CSCCCNC(=NCc1nnc(C)n1C)NCCOC1CCCCCC1. The molecule has 0 atom stereocenters. The Hall–Kier alpha value is -1.28. The van der Waals surface area contributed by atoms with Crippen molar-refractivity contribution in [1.82, 2.24) is 25.4 Å². The number of nitrogens with zero attached hydrogens (tertiary/aromatic N) is 4. The molecule has 27 heavy (non-hydrogen) atoms. The molecule has 1 aliphatic carbocycles. The number of aliphatic imine (C=N–C) groups is 1. The van der Waals surface area contributed by atoms with E-state index in [1.165, 1.54) is 38.5 Å². The molecule has 1 aliphatic rings. The summed E-state index contributed by atoms with van der Waals surface area (Å²) in [6.45, 7) is 4.86. The zero-order chi connectivity index (χ0) is 19.3. The van der Waals surface area contributed by atoms with Gasteiger partial charge in [-0.1, -0.05) is 25.7 Å². The molecule has 0 saturated heterocycles. The minimum Gasteiger partial charge on any atom is -0.376 e. The van der Waals surface area contributed by atoms with E-state index in [4.69, 9.17) is 4.74 Å². The smallest absolute Gasteiger partial charge is 0.191 e. The maximum Gasteiger partial charge on any atom is 0.191 e. The van der Waals surface area contributed by atoms with Gasteiger partial charge in [0.05, 0.1) is 12.7 Å². The van der Waals surface area contributed by atoms with Gasteiger partial charge in [0.1, 0.15) is 12.4 Å². The Morgan fingerprint density at radius 2 is 1.93 bits per heavy atom. The van der Waals surface area contributed by atoms with Gasteiger partial charge in [-0.25, -0.2) is 4.99 Å². The Morgan fingerprint density at radius 1 is 1.19 bits per heavy atom. The Labute approximate surface area is 168 Å². The number of nitrogens with one attached hydrogen (secondary N) is 2. The highest BCUT2D eigenvalue weighted by molar-refractivity contribution is 7.98. The number of hydrogen-bond donors (Lipinski definition) is 2. The molecule has 0 unspecified atom stereocenters. The van der Waals surface area contributed by atoms with E-state index in [9.17, 15) is 0 Å². The highest BCUT2D eigenvalue weighted by Crippen LogP contribution is 2.19. The topological polar surface area (TPSA) is 76.4 Å². The van der Waals surface area contributed by atoms with Crippen molar-refractivity contribution in [2.75, 3.05) is 31.7 Å². The van der Waals surface area contributed by atoms with Crippen LogP contribution in [0.2, 0.25) is 0 Å². The van der Waals surface area contributed by atoms with E-state index < -0.39 is 0 Å². The Balaban J connectivity index is 1.77. The second-order valence-electron chi connectivity index (χ2n) is 7.07. The quantitative estimate of drug-likeness (QED) is 0.274. The molecule has 0 bridgehead atoms. The highest BCUT2D eigenvalue weighted by Gasteiger charge is 2.12. The summed E-state index contributed by atoms with van der Waals surface area (Å²) in [6, 6.07) is 0. The number of guanidine groups is 1. The summed E-state index contributed by atoms with van der Waals surface area (Å²) in [5, 5.41) is 15.1. The first-order valence-electron chi connectivity index (χ1n) is 10.2. The summed E-state index contributed by atoms with van der Waals surface area (Å²) in [7, 11) is 1.97. The minimum atomic E-state index is 0.436. The summed E-state index contributed by atoms with van der Waals surface area (Å²) in [5.74, 6) is 3.74. The first-order chi connectivity index (χ1) is 13.2. The third-order valence-corrected chi connectivity index (χ3v) is 5.63. The van der Waals surface area contributed by atoms with E-state index in [0.717, 1.165) is 49.5 Å². The van der Waals surface area contributed by atoms with Gasteiger partial charge in [-0.3, -0.25) is 0 Å². The zero-order valence-corrected chi connectivity index (χ0v) is 18.0. The molecule has 154 valence electrons. The number of rotatable bonds is 10. The van der Waals surface area contributed by atoms with E-state index in [-0.39, 0.29) is 0 Å². The molecule has 0 radical (unpaired) electrons. The van der Waals surface area contributed by atoms with Gasteiger partial charge in [0.25, 0.3) is 0 Å². The molecule has 8 heteroatoms. The number of thioether (sulfide) groups is 1. The summed E-state index contributed by atoms with van der Waals surface area (Å²) in [5.41, 5.74) is 0. The van der Waals surface area contributed by atoms with E-state index in [0.29, 0.717) is 12.6 Å². The van der Waals surface area contributed by atoms with Gasteiger partial charge in [0.2, 0.25) is 0 Å². The standard InChI is InChI=1S/C19H36N6OS/c1-16-23-24-18(25(16)2)15-22-19(20-11-8-14-27-3)21-12-13-26-17-9-6-4-5-7-10-17/h17H,4-15H2,1-3H3,(H2,20,21,22). The Morgan fingerprint density at radius 3 is 2.59 bits per heavy atom. The van der Waals surface area contributed by atoms with Gasteiger partial charge in [-0.05, 0) is 38.2 Å². The number of ether oxygens (including phenoxy) is 1. The Kier molecular flexibility index (Phi) is 10.6. The van der Waals surface area contributed by atoms with Crippen molar-refractivity contribution in [2.45, 2.75) is 64.5 Å². The molecular formula is C19H36N6OS. The third-order valence-electron chi connectivity index (χ3n) is 4.93. The van der Waals surface area contributed by atoms with E-state index in [1.807, 2.05) is 30.3 Å². The van der Waals surface area contributed by atoms with Crippen molar-refractivity contribution in [3.05, 3.63) is 11.6 Å². The van der Waals surface area contributed by atoms with Crippen LogP contribution in [0.1, 0.15) is 56.6 Å². The van der Waals surface area contributed by atoms with Crippen LogP contribution in [0, 0.1) is 6.92 Å². The van der Waals surface area contributed by atoms with E-state index in [1.54, 1.807) is 0 Å². The first kappa shape index (κ1) is 22.0.